The summed E-state index contributed by atoms with van der Waals surface area (Å²) in [5, 5.41) is 0.884. The lowest BCUT2D eigenvalue weighted by Crippen LogP contribution is -2.11. The fraction of sp³-hybridized carbons (Fsp3) is 1.00. The second-order valence-corrected chi connectivity index (χ2v) is 3.64. The van der Waals surface area contributed by atoms with E-state index in [2.05, 4.69) is 27.0 Å². The van der Waals surface area contributed by atoms with Crippen molar-refractivity contribution in [1.29, 1.82) is 0 Å². The lowest BCUT2D eigenvalue weighted by molar-refractivity contribution is 0.525. The third-order valence-corrected chi connectivity index (χ3v) is 3.39. The second kappa shape index (κ2) is 5.16. The van der Waals surface area contributed by atoms with Gasteiger partial charge in [0.25, 0.3) is 0 Å². The molecule has 0 aliphatic heterocycles. The first-order chi connectivity index (χ1) is 4.26. The van der Waals surface area contributed by atoms with Crippen molar-refractivity contribution in [2.24, 2.45) is 5.92 Å². The summed E-state index contributed by atoms with van der Waals surface area (Å²) in [7, 11) is 0. The van der Waals surface area contributed by atoms with Gasteiger partial charge in [-0.15, -0.1) is 0 Å². The van der Waals surface area contributed by atoms with Crippen molar-refractivity contribution in [3.63, 3.8) is 0 Å². The molecule has 0 fully saturated rings. The molecule has 0 aromatic heterocycles. The van der Waals surface area contributed by atoms with Gasteiger partial charge in [-0.2, -0.15) is 11.8 Å². The molecule has 0 aromatic rings. The summed E-state index contributed by atoms with van der Waals surface area (Å²) in [5.74, 6) is 0.894. The second-order valence-electron chi connectivity index (χ2n) is 2.57. The highest BCUT2D eigenvalue weighted by atomic mass is 32.2. The average molecular weight is 146 g/mol. The maximum absolute atomic E-state index is 2.34. The van der Waals surface area contributed by atoms with Gasteiger partial charge in [0.15, 0.2) is 0 Å². The van der Waals surface area contributed by atoms with E-state index in [-0.39, 0.29) is 0 Å². The molecule has 2 atom stereocenters. The SMILES string of the molecule is CCC(C)C(CC)SC. The summed E-state index contributed by atoms with van der Waals surface area (Å²) < 4.78 is 0. The minimum absolute atomic E-state index is 0.884. The minimum Gasteiger partial charge on any atom is -0.162 e. The first-order valence-electron chi connectivity index (χ1n) is 3.79. The molecule has 0 nitrogen and oxygen atoms in total. The van der Waals surface area contributed by atoms with E-state index in [0.29, 0.717) is 0 Å². The monoisotopic (exact) mass is 146 g/mol. The van der Waals surface area contributed by atoms with Crippen LogP contribution in [0.1, 0.15) is 33.6 Å². The van der Waals surface area contributed by atoms with Crippen LogP contribution in [-0.2, 0) is 0 Å². The van der Waals surface area contributed by atoms with Crippen LogP contribution in [0.15, 0.2) is 0 Å². The van der Waals surface area contributed by atoms with E-state index in [0.717, 1.165) is 11.2 Å². The minimum atomic E-state index is 0.884. The average Bonchev–Trinajstić information content (AvgIpc) is 1.90. The van der Waals surface area contributed by atoms with Crippen molar-refractivity contribution in [3.05, 3.63) is 0 Å². The molecular weight excluding hydrogens is 128 g/mol. The molecule has 0 rings (SSSR count). The Morgan fingerprint density at radius 2 is 1.78 bits per heavy atom. The normalized spacial score (nSPS) is 17.3. The van der Waals surface area contributed by atoms with Gasteiger partial charge < -0.3 is 0 Å². The molecule has 0 aromatic carbocycles. The third kappa shape index (κ3) is 3.14. The quantitative estimate of drug-likeness (QED) is 0.587. The number of hydrogen-bond donors (Lipinski definition) is 0. The zero-order valence-corrected chi connectivity index (χ0v) is 7.79. The summed E-state index contributed by atoms with van der Waals surface area (Å²) in [4.78, 5) is 0. The molecule has 0 amide bonds. The van der Waals surface area contributed by atoms with E-state index in [4.69, 9.17) is 0 Å². The molecule has 0 N–H and O–H groups in total. The van der Waals surface area contributed by atoms with Gasteiger partial charge in [0.05, 0.1) is 0 Å². The van der Waals surface area contributed by atoms with E-state index in [1.54, 1.807) is 0 Å². The number of rotatable bonds is 4. The fourth-order valence-corrected chi connectivity index (χ4v) is 2.05. The lowest BCUT2D eigenvalue weighted by Gasteiger charge is -2.18. The zero-order valence-electron chi connectivity index (χ0n) is 6.98. The molecule has 0 heterocycles. The van der Waals surface area contributed by atoms with Gasteiger partial charge in [0.1, 0.15) is 0 Å². The Labute approximate surface area is 63.4 Å². The van der Waals surface area contributed by atoms with Gasteiger partial charge in [-0.25, -0.2) is 0 Å². The molecule has 0 saturated carbocycles. The predicted octanol–water partition coefficient (Wildman–Crippen LogP) is 3.17. The summed E-state index contributed by atoms with van der Waals surface area (Å²) in [5.41, 5.74) is 0. The largest absolute Gasteiger partial charge is 0.162 e. The highest BCUT2D eigenvalue weighted by molar-refractivity contribution is 7.99. The first-order valence-corrected chi connectivity index (χ1v) is 5.07. The van der Waals surface area contributed by atoms with Crippen molar-refractivity contribution < 1.29 is 0 Å². The van der Waals surface area contributed by atoms with Crippen LogP contribution in [-0.4, -0.2) is 11.5 Å². The Bertz CT molecular complexity index is 57.6. The van der Waals surface area contributed by atoms with Crippen molar-refractivity contribution in [2.75, 3.05) is 6.26 Å². The van der Waals surface area contributed by atoms with Gasteiger partial charge in [-0.05, 0) is 18.6 Å². The highest BCUT2D eigenvalue weighted by Gasteiger charge is 2.10. The molecule has 9 heavy (non-hydrogen) atoms. The zero-order chi connectivity index (χ0) is 7.28. The molecular formula is C8H18S. The van der Waals surface area contributed by atoms with Crippen LogP contribution in [0.2, 0.25) is 0 Å². The van der Waals surface area contributed by atoms with E-state index in [1.807, 2.05) is 11.8 Å². The van der Waals surface area contributed by atoms with Gasteiger partial charge in [-0.3, -0.25) is 0 Å². The topological polar surface area (TPSA) is 0 Å². The Morgan fingerprint density at radius 3 is 1.89 bits per heavy atom. The van der Waals surface area contributed by atoms with Crippen LogP contribution < -0.4 is 0 Å². The summed E-state index contributed by atoms with van der Waals surface area (Å²) >= 11 is 2.00. The van der Waals surface area contributed by atoms with Crippen molar-refractivity contribution in [1.82, 2.24) is 0 Å². The molecule has 0 saturated heterocycles. The Morgan fingerprint density at radius 1 is 1.22 bits per heavy atom. The maximum Gasteiger partial charge on any atom is 0.00671 e. The standard InChI is InChI=1S/C8H18S/c1-5-7(3)8(6-2)9-4/h7-8H,5-6H2,1-4H3. The molecule has 1 heteroatoms. The fourth-order valence-electron chi connectivity index (χ4n) is 1.06. The smallest absolute Gasteiger partial charge is 0.00671 e. The van der Waals surface area contributed by atoms with Crippen LogP contribution in [0.4, 0.5) is 0 Å². The maximum atomic E-state index is 2.34. The van der Waals surface area contributed by atoms with Gasteiger partial charge >= 0.3 is 0 Å². The number of thioether (sulfide) groups is 1. The summed E-state index contributed by atoms with van der Waals surface area (Å²) in [6, 6.07) is 0. The van der Waals surface area contributed by atoms with Gasteiger partial charge in [0, 0.05) is 5.25 Å². The molecule has 0 aliphatic carbocycles. The van der Waals surface area contributed by atoms with E-state index < -0.39 is 0 Å². The van der Waals surface area contributed by atoms with E-state index >= 15 is 0 Å². The lowest BCUT2D eigenvalue weighted by atomic mass is 10.0. The Hall–Kier alpha value is 0.350. The van der Waals surface area contributed by atoms with Crippen molar-refractivity contribution in [3.8, 4) is 0 Å². The van der Waals surface area contributed by atoms with Crippen LogP contribution in [0.5, 0.6) is 0 Å². The molecule has 0 radical (unpaired) electrons. The predicted molar refractivity (Wildman–Crippen MR) is 47.0 cm³/mol. The Kier molecular flexibility index (Phi) is 5.36. The van der Waals surface area contributed by atoms with Crippen LogP contribution in [0, 0.1) is 5.92 Å². The van der Waals surface area contributed by atoms with Gasteiger partial charge in [0.2, 0.25) is 0 Å². The number of hydrogen-bond acceptors (Lipinski definition) is 1. The molecule has 0 spiro atoms. The molecule has 2 unspecified atom stereocenters. The van der Waals surface area contributed by atoms with E-state index in [1.165, 1.54) is 12.8 Å². The highest BCUT2D eigenvalue weighted by Crippen LogP contribution is 2.22. The third-order valence-electron chi connectivity index (χ3n) is 1.98. The van der Waals surface area contributed by atoms with Crippen molar-refractivity contribution in [2.45, 2.75) is 38.9 Å². The molecule has 0 bridgehead atoms. The first kappa shape index (κ1) is 9.35. The Balaban J connectivity index is 3.50. The van der Waals surface area contributed by atoms with Crippen LogP contribution in [0.3, 0.4) is 0 Å². The molecule has 56 valence electrons. The summed E-state index contributed by atoms with van der Waals surface area (Å²) in [6.45, 7) is 6.88. The van der Waals surface area contributed by atoms with Crippen LogP contribution >= 0.6 is 11.8 Å². The van der Waals surface area contributed by atoms with Gasteiger partial charge in [-0.1, -0.05) is 27.2 Å². The van der Waals surface area contributed by atoms with E-state index in [9.17, 15) is 0 Å². The van der Waals surface area contributed by atoms with Crippen LogP contribution in [0.25, 0.3) is 0 Å². The van der Waals surface area contributed by atoms with Crippen molar-refractivity contribution >= 4 is 11.8 Å². The molecule has 0 aliphatic rings. The summed E-state index contributed by atoms with van der Waals surface area (Å²) in [6.07, 6.45) is 4.84.